The van der Waals surface area contributed by atoms with Gasteiger partial charge in [0.05, 0.1) is 31.2 Å². The molecule has 0 atom stereocenters. The first-order valence-electron chi connectivity index (χ1n) is 7.75. The molecule has 1 amide bonds. The summed E-state index contributed by atoms with van der Waals surface area (Å²) in [7, 11) is -1.28. The second-order valence-electron chi connectivity index (χ2n) is 5.46. The highest BCUT2D eigenvalue weighted by molar-refractivity contribution is 7.89. The van der Waals surface area contributed by atoms with Crippen LogP contribution in [-0.4, -0.2) is 35.1 Å². The number of hydrogen-bond donors (Lipinski definition) is 2. The summed E-state index contributed by atoms with van der Waals surface area (Å²) < 4.78 is 74.3. The van der Waals surface area contributed by atoms with Crippen LogP contribution in [0.4, 0.5) is 18.9 Å². The van der Waals surface area contributed by atoms with Crippen LogP contribution in [0.3, 0.4) is 0 Å². The molecule has 0 heterocycles. The Morgan fingerprint density at radius 3 is 2.14 bits per heavy atom. The minimum absolute atomic E-state index is 0.100. The Labute approximate surface area is 159 Å². The van der Waals surface area contributed by atoms with Crippen LogP contribution in [0.5, 0.6) is 11.5 Å². The average Bonchev–Trinajstić information content (AvgIpc) is 2.65. The van der Waals surface area contributed by atoms with Crippen LogP contribution in [0.25, 0.3) is 0 Å². The van der Waals surface area contributed by atoms with Crippen LogP contribution >= 0.6 is 0 Å². The number of anilines is 1. The van der Waals surface area contributed by atoms with E-state index in [0.717, 1.165) is 24.3 Å². The Morgan fingerprint density at radius 1 is 1.00 bits per heavy atom. The fourth-order valence-electron chi connectivity index (χ4n) is 2.18. The van der Waals surface area contributed by atoms with Gasteiger partial charge in [-0.15, -0.1) is 0 Å². The maximum atomic E-state index is 12.5. The molecule has 0 aliphatic rings. The van der Waals surface area contributed by atoms with Crippen LogP contribution in [0.2, 0.25) is 0 Å². The molecule has 0 fully saturated rings. The number of halogens is 3. The molecule has 0 bridgehead atoms. The summed E-state index contributed by atoms with van der Waals surface area (Å²) in [4.78, 5) is 11.7. The monoisotopic (exact) mass is 418 g/mol. The van der Waals surface area contributed by atoms with Crippen molar-refractivity contribution in [3.05, 3.63) is 48.0 Å². The normalized spacial score (nSPS) is 11.8. The number of alkyl halides is 3. The van der Waals surface area contributed by atoms with E-state index in [0.29, 0.717) is 5.75 Å². The van der Waals surface area contributed by atoms with Crippen LogP contribution in [0.1, 0.15) is 5.56 Å². The average molecular weight is 418 g/mol. The van der Waals surface area contributed by atoms with Gasteiger partial charge in [-0.1, -0.05) is 0 Å². The summed E-state index contributed by atoms with van der Waals surface area (Å²) in [6.07, 6.45) is -4.49. The van der Waals surface area contributed by atoms with Crippen LogP contribution in [-0.2, 0) is 21.0 Å². The van der Waals surface area contributed by atoms with Crippen molar-refractivity contribution < 1.29 is 35.9 Å². The molecule has 0 aromatic heterocycles. The molecule has 0 saturated carbocycles. The molecule has 2 aromatic rings. The number of benzene rings is 2. The Kier molecular flexibility index (Phi) is 6.52. The molecule has 152 valence electrons. The zero-order chi connectivity index (χ0) is 20.9. The Hall–Kier alpha value is -2.79. The molecule has 11 heteroatoms. The number of sulfonamides is 1. The lowest BCUT2D eigenvalue weighted by molar-refractivity contribution is -0.137. The van der Waals surface area contributed by atoms with Gasteiger partial charge in [-0.3, -0.25) is 4.79 Å². The van der Waals surface area contributed by atoms with Crippen LogP contribution < -0.4 is 19.5 Å². The van der Waals surface area contributed by atoms with Gasteiger partial charge in [-0.25, -0.2) is 13.1 Å². The number of carbonyl (C=O) groups is 1. The Morgan fingerprint density at radius 2 is 1.61 bits per heavy atom. The quantitative estimate of drug-likeness (QED) is 0.721. The maximum Gasteiger partial charge on any atom is 0.416 e. The molecule has 0 saturated heterocycles. The standard InChI is InChI=1S/C17H17F3N2O5S/c1-26-14-8-7-13(9-15(14)27-2)28(24,25)21-10-16(23)22-12-5-3-11(4-6-12)17(18,19)20/h3-9,21H,10H2,1-2H3,(H,22,23). The zero-order valence-corrected chi connectivity index (χ0v) is 15.6. The summed E-state index contributed by atoms with van der Waals surface area (Å²) >= 11 is 0. The van der Waals surface area contributed by atoms with Crippen molar-refractivity contribution in [3.63, 3.8) is 0 Å². The van der Waals surface area contributed by atoms with E-state index in [9.17, 15) is 26.4 Å². The second kappa shape index (κ2) is 8.48. The third kappa shape index (κ3) is 5.36. The fraction of sp³-hybridized carbons (Fsp3) is 0.235. The lowest BCUT2D eigenvalue weighted by atomic mass is 10.2. The maximum absolute atomic E-state index is 12.5. The van der Waals surface area contributed by atoms with Gasteiger partial charge in [0.15, 0.2) is 11.5 Å². The number of methoxy groups -OCH3 is 2. The van der Waals surface area contributed by atoms with Gasteiger partial charge in [0.1, 0.15) is 0 Å². The lowest BCUT2D eigenvalue weighted by Crippen LogP contribution is -2.32. The topological polar surface area (TPSA) is 93.7 Å². The van der Waals surface area contributed by atoms with Crippen molar-refractivity contribution in [2.75, 3.05) is 26.1 Å². The number of hydrogen-bond acceptors (Lipinski definition) is 5. The molecule has 0 aliphatic heterocycles. The van der Waals surface area contributed by atoms with E-state index in [1.807, 2.05) is 0 Å². The van der Waals surface area contributed by atoms with Crippen molar-refractivity contribution in [2.24, 2.45) is 0 Å². The van der Waals surface area contributed by atoms with Crippen molar-refractivity contribution in [1.82, 2.24) is 4.72 Å². The van der Waals surface area contributed by atoms with Gasteiger partial charge in [0, 0.05) is 11.8 Å². The van der Waals surface area contributed by atoms with Gasteiger partial charge >= 0.3 is 6.18 Å². The molecule has 2 aromatic carbocycles. The number of ether oxygens (including phenoxy) is 2. The molecule has 2 N–H and O–H groups in total. The highest BCUT2D eigenvalue weighted by Gasteiger charge is 2.30. The highest BCUT2D eigenvalue weighted by Crippen LogP contribution is 2.30. The molecule has 2 rings (SSSR count). The van der Waals surface area contributed by atoms with Gasteiger partial charge in [0.2, 0.25) is 15.9 Å². The summed E-state index contributed by atoms with van der Waals surface area (Å²) in [6.45, 7) is -0.613. The van der Waals surface area contributed by atoms with Gasteiger partial charge in [0.25, 0.3) is 0 Å². The molecule has 7 nitrogen and oxygen atoms in total. The molecule has 0 unspecified atom stereocenters. The van der Waals surface area contributed by atoms with E-state index in [2.05, 4.69) is 10.0 Å². The van der Waals surface area contributed by atoms with E-state index < -0.39 is 34.2 Å². The summed E-state index contributed by atoms with van der Waals surface area (Å²) in [5.74, 6) is -0.218. The molecular weight excluding hydrogens is 401 g/mol. The number of rotatable bonds is 7. The first-order valence-corrected chi connectivity index (χ1v) is 9.24. The predicted octanol–water partition coefficient (Wildman–Crippen LogP) is 2.64. The molecular formula is C17H17F3N2O5S. The number of carbonyl (C=O) groups excluding carboxylic acids is 1. The minimum Gasteiger partial charge on any atom is -0.493 e. The third-order valence-corrected chi connectivity index (χ3v) is 4.98. The summed E-state index contributed by atoms with van der Waals surface area (Å²) in [6, 6.07) is 7.67. The fourth-order valence-corrected chi connectivity index (χ4v) is 3.17. The number of amides is 1. The first-order chi connectivity index (χ1) is 13.1. The van der Waals surface area contributed by atoms with Crippen molar-refractivity contribution in [2.45, 2.75) is 11.1 Å². The van der Waals surface area contributed by atoms with Gasteiger partial charge in [-0.2, -0.15) is 13.2 Å². The van der Waals surface area contributed by atoms with E-state index >= 15 is 0 Å². The lowest BCUT2D eigenvalue weighted by Gasteiger charge is -2.11. The predicted molar refractivity (Wildman–Crippen MR) is 94.8 cm³/mol. The van der Waals surface area contributed by atoms with E-state index in [-0.39, 0.29) is 16.3 Å². The molecule has 0 aliphatic carbocycles. The Bertz CT molecular complexity index is 944. The van der Waals surface area contributed by atoms with E-state index in [1.165, 1.54) is 32.4 Å². The van der Waals surface area contributed by atoms with Crippen LogP contribution in [0, 0.1) is 0 Å². The highest BCUT2D eigenvalue weighted by atomic mass is 32.2. The van der Waals surface area contributed by atoms with Crippen molar-refractivity contribution in [1.29, 1.82) is 0 Å². The smallest absolute Gasteiger partial charge is 0.416 e. The molecule has 0 radical (unpaired) electrons. The van der Waals surface area contributed by atoms with Crippen molar-refractivity contribution in [3.8, 4) is 11.5 Å². The summed E-state index contributed by atoms with van der Waals surface area (Å²) in [5, 5.41) is 2.31. The third-order valence-electron chi connectivity index (χ3n) is 3.58. The largest absolute Gasteiger partial charge is 0.493 e. The van der Waals surface area contributed by atoms with Crippen LogP contribution in [0.15, 0.2) is 47.4 Å². The molecule has 0 spiro atoms. The SMILES string of the molecule is COc1ccc(S(=O)(=O)NCC(=O)Nc2ccc(C(F)(F)F)cc2)cc1OC. The van der Waals surface area contributed by atoms with Gasteiger partial charge < -0.3 is 14.8 Å². The number of nitrogens with one attached hydrogen (secondary N) is 2. The van der Waals surface area contributed by atoms with Crippen molar-refractivity contribution >= 4 is 21.6 Å². The van der Waals surface area contributed by atoms with E-state index in [4.69, 9.17) is 9.47 Å². The first kappa shape index (κ1) is 21.5. The summed E-state index contributed by atoms with van der Waals surface area (Å²) in [5.41, 5.74) is -0.761. The van der Waals surface area contributed by atoms with Gasteiger partial charge in [-0.05, 0) is 36.4 Å². The zero-order valence-electron chi connectivity index (χ0n) is 14.8. The molecule has 28 heavy (non-hydrogen) atoms. The minimum atomic E-state index is -4.49. The Balaban J connectivity index is 2.01. The second-order valence-corrected chi connectivity index (χ2v) is 7.23. The van der Waals surface area contributed by atoms with E-state index in [1.54, 1.807) is 0 Å².